The molecule has 0 amide bonds. The Hall–Kier alpha value is -0.420. The van der Waals surface area contributed by atoms with Gasteiger partial charge < -0.3 is 5.73 Å². The van der Waals surface area contributed by atoms with Gasteiger partial charge in [-0.05, 0) is 57.2 Å². The summed E-state index contributed by atoms with van der Waals surface area (Å²) < 4.78 is 0. The van der Waals surface area contributed by atoms with Gasteiger partial charge in [-0.15, -0.1) is 11.3 Å². The van der Waals surface area contributed by atoms with Crippen LogP contribution in [0.4, 0.5) is 0 Å². The summed E-state index contributed by atoms with van der Waals surface area (Å²) in [5.74, 6) is 0. The maximum Gasteiger partial charge on any atom is 0.0593 e. The molecule has 3 heterocycles. The fraction of sp³-hybridized carbons (Fsp3) is 0.750. The zero-order valence-corrected chi connectivity index (χ0v) is 13.7. The third kappa shape index (κ3) is 2.54. The minimum absolute atomic E-state index is 0.189. The van der Waals surface area contributed by atoms with Crippen molar-refractivity contribution in [1.82, 2.24) is 9.80 Å². The average Bonchev–Trinajstić information content (AvgIpc) is 2.88. The van der Waals surface area contributed by atoms with Crippen LogP contribution in [0.25, 0.3) is 0 Å². The van der Waals surface area contributed by atoms with Gasteiger partial charge in [-0.1, -0.05) is 0 Å². The van der Waals surface area contributed by atoms with E-state index < -0.39 is 0 Å². The van der Waals surface area contributed by atoms with E-state index in [1.165, 1.54) is 42.8 Å². The molecule has 0 radical (unpaired) electrons. The first kappa shape index (κ1) is 14.5. The maximum atomic E-state index is 6.36. The lowest BCUT2D eigenvalue weighted by atomic mass is 10.0. The molecule has 2 aliphatic rings. The predicted molar refractivity (Wildman–Crippen MR) is 86.2 cm³/mol. The van der Waals surface area contributed by atoms with Crippen LogP contribution < -0.4 is 5.73 Å². The van der Waals surface area contributed by atoms with Gasteiger partial charge in [0.1, 0.15) is 0 Å². The van der Waals surface area contributed by atoms with Crippen molar-refractivity contribution in [2.75, 3.05) is 20.1 Å². The highest BCUT2D eigenvalue weighted by molar-refractivity contribution is 7.10. The molecule has 0 saturated carbocycles. The lowest BCUT2D eigenvalue weighted by molar-refractivity contribution is 0.157. The Bertz CT molecular complexity index is 456. The first-order valence-electron chi connectivity index (χ1n) is 7.83. The van der Waals surface area contributed by atoms with Crippen molar-refractivity contribution in [3.63, 3.8) is 0 Å². The van der Waals surface area contributed by atoms with Gasteiger partial charge in [0, 0.05) is 36.1 Å². The van der Waals surface area contributed by atoms with E-state index in [-0.39, 0.29) is 6.04 Å². The zero-order valence-electron chi connectivity index (χ0n) is 12.9. The number of rotatable bonds is 3. The second kappa shape index (κ2) is 5.76. The summed E-state index contributed by atoms with van der Waals surface area (Å²) in [6.07, 6.45) is 4.03. The molecule has 3 rings (SSSR count). The van der Waals surface area contributed by atoms with Gasteiger partial charge in [0.25, 0.3) is 0 Å². The number of likely N-dealkylation sites (tertiary alicyclic amines) is 1. The Labute approximate surface area is 126 Å². The molecule has 112 valence electrons. The second-order valence-electron chi connectivity index (χ2n) is 6.61. The van der Waals surface area contributed by atoms with Crippen molar-refractivity contribution in [2.45, 2.75) is 57.3 Å². The van der Waals surface area contributed by atoms with Crippen molar-refractivity contribution in [1.29, 1.82) is 0 Å². The van der Waals surface area contributed by atoms with E-state index in [4.69, 9.17) is 5.73 Å². The van der Waals surface area contributed by atoms with Crippen LogP contribution in [0.1, 0.15) is 42.7 Å². The molecule has 2 N–H and O–H groups in total. The van der Waals surface area contributed by atoms with Crippen molar-refractivity contribution < 1.29 is 0 Å². The number of hydrogen-bond acceptors (Lipinski definition) is 4. The van der Waals surface area contributed by atoms with Crippen LogP contribution in [-0.2, 0) is 0 Å². The molecular formula is C16H27N3S. The first-order chi connectivity index (χ1) is 9.58. The lowest BCUT2D eigenvalue weighted by Crippen LogP contribution is -2.44. The van der Waals surface area contributed by atoms with Gasteiger partial charge >= 0.3 is 0 Å². The summed E-state index contributed by atoms with van der Waals surface area (Å²) in [4.78, 5) is 6.74. The van der Waals surface area contributed by atoms with Gasteiger partial charge in [-0.25, -0.2) is 0 Å². The SMILES string of the molecule is Cc1ccsc1C(C(C)N)N1CCC2CCC(C1)N2C. The van der Waals surface area contributed by atoms with Gasteiger partial charge in [-0.2, -0.15) is 0 Å². The van der Waals surface area contributed by atoms with E-state index in [0.717, 1.165) is 12.1 Å². The van der Waals surface area contributed by atoms with Crippen LogP contribution in [0.5, 0.6) is 0 Å². The molecule has 1 aromatic rings. The molecule has 1 aromatic heterocycles. The number of nitrogens with zero attached hydrogens (tertiary/aromatic N) is 2. The summed E-state index contributed by atoms with van der Waals surface area (Å²) in [6.45, 7) is 6.75. The Morgan fingerprint density at radius 3 is 2.70 bits per heavy atom. The third-order valence-corrected chi connectivity index (χ3v) is 6.33. The maximum absolute atomic E-state index is 6.36. The smallest absolute Gasteiger partial charge is 0.0593 e. The fourth-order valence-corrected chi connectivity index (χ4v) is 5.19. The normalized spacial score (nSPS) is 31.2. The van der Waals surface area contributed by atoms with Crippen LogP contribution in [-0.4, -0.2) is 48.1 Å². The van der Waals surface area contributed by atoms with Gasteiger partial charge in [-0.3, -0.25) is 9.80 Å². The predicted octanol–water partition coefficient (Wildman–Crippen LogP) is 2.61. The van der Waals surface area contributed by atoms with Gasteiger partial charge in [0.2, 0.25) is 0 Å². The van der Waals surface area contributed by atoms with Crippen molar-refractivity contribution >= 4 is 11.3 Å². The summed E-state index contributed by atoms with van der Waals surface area (Å²) in [6, 6.07) is 4.33. The van der Waals surface area contributed by atoms with E-state index in [0.29, 0.717) is 6.04 Å². The number of fused-ring (bicyclic) bond motifs is 2. The minimum atomic E-state index is 0.189. The number of aryl methyl sites for hydroxylation is 1. The van der Waals surface area contributed by atoms with Gasteiger partial charge in [0.05, 0.1) is 6.04 Å². The van der Waals surface area contributed by atoms with Crippen molar-refractivity contribution in [3.8, 4) is 0 Å². The second-order valence-corrected chi connectivity index (χ2v) is 7.55. The molecule has 4 heteroatoms. The topological polar surface area (TPSA) is 32.5 Å². The lowest BCUT2D eigenvalue weighted by Gasteiger charge is -2.35. The molecule has 0 aromatic carbocycles. The van der Waals surface area contributed by atoms with Crippen LogP contribution in [0.3, 0.4) is 0 Å². The Kier molecular flexibility index (Phi) is 4.18. The number of nitrogens with two attached hydrogens (primary N) is 1. The van der Waals surface area contributed by atoms with Crippen molar-refractivity contribution in [2.24, 2.45) is 5.73 Å². The minimum Gasteiger partial charge on any atom is -0.326 e. The highest BCUT2D eigenvalue weighted by Gasteiger charge is 2.38. The molecule has 2 bridgehead atoms. The van der Waals surface area contributed by atoms with E-state index in [2.05, 4.69) is 42.1 Å². The largest absolute Gasteiger partial charge is 0.326 e. The Morgan fingerprint density at radius 1 is 1.30 bits per heavy atom. The molecule has 2 aliphatic heterocycles. The summed E-state index contributed by atoms with van der Waals surface area (Å²) in [5, 5.41) is 2.20. The molecule has 2 saturated heterocycles. The van der Waals surface area contributed by atoms with Crippen LogP contribution in [0.2, 0.25) is 0 Å². The Morgan fingerprint density at radius 2 is 2.05 bits per heavy atom. The quantitative estimate of drug-likeness (QED) is 0.930. The first-order valence-corrected chi connectivity index (χ1v) is 8.71. The third-order valence-electron chi connectivity index (χ3n) is 5.24. The van der Waals surface area contributed by atoms with Crippen LogP contribution in [0.15, 0.2) is 11.4 Å². The average molecular weight is 293 g/mol. The number of hydrogen-bond donors (Lipinski definition) is 1. The highest BCUT2D eigenvalue weighted by atomic mass is 32.1. The zero-order chi connectivity index (χ0) is 14.3. The molecule has 0 aliphatic carbocycles. The molecule has 20 heavy (non-hydrogen) atoms. The molecular weight excluding hydrogens is 266 g/mol. The van der Waals surface area contributed by atoms with Gasteiger partial charge in [0.15, 0.2) is 0 Å². The van der Waals surface area contributed by atoms with E-state index in [9.17, 15) is 0 Å². The van der Waals surface area contributed by atoms with E-state index in [1.807, 2.05) is 11.3 Å². The summed E-state index contributed by atoms with van der Waals surface area (Å²) >= 11 is 1.87. The molecule has 3 nitrogen and oxygen atoms in total. The molecule has 4 unspecified atom stereocenters. The van der Waals surface area contributed by atoms with E-state index in [1.54, 1.807) is 0 Å². The monoisotopic (exact) mass is 293 g/mol. The standard InChI is InChI=1S/C16H27N3S/c1-11-7-9-20-16(11)15(12(2)17)19-8-6-13-4-5-14(10-19)18(13)3/h7,9,12-15H,4-6,8,10,17H2,1-3H3. The molecule has 2 fully saturated rings. The van der Waals surface area contributed by atoms with Crippen LogP contribution >= 0.6 is 11.3 Å². The molecule has 4 atom stereocenters. The Balaban J connectivity index is 1.84. The number of likely N-dealkylation sites (N-methyl/N-ethyl adjacent to an activating group) is 1. The fourth-order valence-electron chi connectivity index (χ4n) is 4.01. The molecule has 0 spiro atoms. The number of thiophene rings is 1. The highest BCUT2D eigenvalue weighted by Crippen LogP contribution is 2.36. The van der Waals surface area contributed by atoms with E-state index >= 15 is 0 Å². The summed E-state index contributed by atoms with van der Waals surface area (Å²) in [5.41, 5.74) is 7.77. The summed E-state index contributed by atoms with van der Waals surface area (Å²) in [7, 11) is 2.31. The van der Waals surface area contributed by atoms with Crippen molar-refractivity contribution in [3.05, 3.63) is 21.9 Å². The van der Waals surface area contributed by atoms with Crippen LogP contribution in [0, 0.1) is 6.92 Å².